The lowest BCUT2D eigenvalue weighted by Gasteiger charge is -2.55. The molecule has 0 aromatic carbocycles. The Labute approximate surface area is 68.3 Å². The largest absolute Gasteiger partial charge is 0.383 e. The molecule has 1 N–H and O–H groups in total. The fourth-order valence-electron chi connectivity index (χ4n) is 2.84. The molecule has 3 fully saturated rings. The van der Waals surface area contributed by atoms with Crippen molar-refractivity contribution in [1.82, 2.24) is 5.32 Å². The number of rotatable bonds is 2. The molecule has 1 saturated carbocycles. The monoisotopic (exact) mass is 155 g/mol. The zero-order valence-electron chi connectivity index (χ0n) is 7.39. The van der Waals surface area contributed by atoms with E-state index >= 15 is 0 Å². The number of ether oxygens (including phenoxy) is 1. The van der Waals surface area contributed by atoms with Crippen molar-refractivity contribution in [2.45, 2.75) is 37.8 Å². The molecule has 1 aliphatic carbocycles. The minimum Gasteiger partial charge on any atom is -0.383 e. The minimum absolute atomic E-state index is 0.372. The molecule has 64 valence electrons. The molecule has 2 heteroatoms. The van der Waals surface area contributed by atoms with Crippen LogP contribution < -0.4 is 5.32 Å². The van der Waals surface area contributed by atoms with Gasteiger partial charge in [0.05, 0.1) is 6.61 Å². The molecule has 3 atom stereocenters. The van der Waals surface area contributed by atoms with E-state index in [0.29, 0.717) is 5.54 Å². The van der Waals surface area contributed by atoms with Crippen molar-refractivity contribution in [3.8, 4) is 0 Å². The molecule has 2 saturated heterocycles. The van der Waals surface area contributed by atoms with E-state index in [4.69, 9.17) is 4.74 Å². The molecule has 11 heavy (non-hydrogen) atoms. The molecule has 0 aromatic rings. The Kier molecular flexibility index (Phi) is 1.69. The highest BCUT2D eigenvalue weighted by Gasteiger charge is 2.48. The number of hydrogen-bond donors (Lipinski definition) is 1. The first kappa shape index (κ1) is 7.56. The van der Waals surface area contributed by atoms with Crippen LogP contribution in [0.2, 0.25) is 0 Å². The zero-order chi connectivity index (χ0) is 7.90. The molecular weight excluding hydrogens is 138 g/mol. The van der Waals surface area contributed by atoms with Gasteiger partial charge in [-0.3, -0.25) is 0 Å². The Hall–Kier alpha value is -0.0800. The lowest BCUT2D eigenvalue weighted by Crippen LogP contribution is -2.69. The van der Waals surface area contributed by atoms with Gasteiger partial charge in [-0.15, -0.1) is 0 Å². The SMILES string of the molecule is COCC12CC(C)CC(C1)N2. The van der Waals surface area contributed by atoms with Gasteiger partial charge in [0.1, 0.15) is 0 Å². The zero-order valence-corrected chi connectivity index (χ0v) is 7.39. The minimum atomic E-state index is 0.372. The Bertz CT molecular complexity index is 146. The second-order valence-corrected chi connectivity index (χ2v) is 4.30. The van der Waals surface area contributed by atoms with Crippen LogP contribution in [0.1, 0.15) is 26.2 Å². The summed E-state index contributed by atoms with van der Waals surface area (Å²) >= 11 is 0. The van der Waals surface area contributed by atoms with Crippen LogP contribution in [-0.2, 0) is 4.74 Å². The molecule has 0 aromatic heterocycles. The summed E-state index contributed by atoms with van der Waals surface area (Å²) in [7, 11) is 1.79. The Balaban J connectivity index is 1.95. The first-order chi connectivity index (χ1) is 5.24. The van der Waals surface area contributed by atoms with Crippen molar-refractivity contribution < 1.29 is 4.74 Å². The summed E-state index contributed by atoms with van der Waals surface area (Å²) in [6, 6.07) is 0.800. The Morgan fingerprint density at radius 3 is 2.82 bits per heavy atom. The van der Waals surface area contributed by atoms with Crippen molar-refractivity contribution in [1.29, 1.82) is 0 Å². The van der Waals surface area contributed by atoms with Crippen LogP contribution in [0.15, 0.2) is 0 Å². The number of nitrogens with one attached hydrogen (secondary N) is 1. The van der Waals surface area contributed by atoms with Gasteiger partial charge in [-0.1, -0.05) is 6.92 Å². The Morgan fingerprint density at radius 2 is 2.27 bits per heavy atom. The van der Waals surface area contributed by atoms with Crippen LogP contribution in [0.3, 0.4) is 0 Å². The molecule has 3 aliphatic rings. The van der Waals surface area contributed by atoms with E-state index in [1.54, 1.807) is 7.11 Å². The molecule has 2 bridgehead atoms. The molecule has 0 spiro atoms. The van der Waals surface area contributed by atoms with Gasteiger partial charge in [0, 0.05) is 18.7 Å². The quantitative estimate of drug-likeness (QED) is 0.646. The smallest absolute Gasteiger partial charge is 0.0645 e. The summed E-state index contributed by atoms with van der Waals surface area (Å²) in [5.74, 6) is 0.894. The lowest BCUT2D eigenvalue weighted by atomic mass is 9.67. The molecule has 2 nitrogen and oxygen atoms in total. The van der Waals surface area contributed by atoms with Crippen molar-refractivity contribution >= 4 is 0 Å². The Morgan fingerprint density at radius 1 is 1.55 bits per heavy atom. The van der Waals surface area contributed by atoms with Gasteiger partial charge in [-0.2, -0.15) is 0 Å². The maximum atomic E-state index is 5.21. The van der Waals surface area contributed by atoms with Gasteiger partial charge in [-0.25, -0.2) is 0 Å². The lowest BCUT2D eigenvalue weighted by molar-refractivity contribution is -0.0213. The molecule has 3 unspecified atom stereocenters. The third kappa shape index (κ3) is 1.18. The summed E-state index contributed by atoms with van der Waals surface area (Å²) in [5, 5.41) is 3.60. The molecule has 0 amide bonds. The highest BCUT2D eigenvalue weighted by molar-refractivity contribution is 5.08. The average molecular weight is 155 g/mol. The van der Waals surface area contributed by atoms with Crippen LogP contribution >= 0.6 is 0 Å². The van der Waals surface area contributed by atoms with E-state index in [1.165, 1.54) is 19.3 Å². The highest BCUT2D eigenvalue weighted by Crippen LogP contribution is 2.41. The second-order valence-electron chi connectivity index (χ2n) is 4.30. The maximum absolute atomic E-state index is 5.21. The highest BCUT2D eigenvalue weighted by atomic mass is 16.5. The van der Waals surface area contributed by atoms with Crippen LogP contribution in [0, 0.1) is 5.92 Å². The van der Waals surface area contributed by atoms with E-state index in [-0.39, 0.29) is 0 Å². The summed E-state index contributed by atoms with van der Waals surface area (Å²) in [6.45, 7) is 3.24. The molecule has 2 heterocycles. The van der Waals surface area contributed by atoms with Crippen molar-refractivity contribution in [2.75, 3.05) is 13.7 Å². The third-order valence-corrected chi connectivity index (χ3v) is 2.99. The van der Waals surface area contributed by atoms with E-state index in [0.717, 1.165) is 18.6 Å². The number of fused-ring (bicyclic) bond motifs is 2. The first-order valence-corrected chi connectivity index (χ1v) is 4.51. The number of piperidine rings is 1. The molecular formula is C9H17NO. The van der Waals surface area contributed by atoms with Gasteiger partial charge in [-0.05, 0) is 25.2 Å². The third-order valence-electron chi connectivity index (χ3n) is 2.99. The number of hydrogen-bond acceptors (Lipinski definition) is 2. The van der Waals surface area contributed by atoms with Gasteiger partial charge in [0.2, 0.25) is 0 Å². The van der Waals surface area contributed by atoms with Gasteiger partial charge < -0.3 is 10.1 Å². The van der Waals surface area contributed by atoms with E-state index in [9.17, 15) is 0 Å². The predicted octanol–water partition coefficient (Wildman–Crippen LogP) is 1.16. The van der Waals surface area contributed by atoms with Crippen LogP contribution in [0.5, 0.6) is 0 Å². The van der Waals surface area contributed by atoms with Gasteiger partial charge >= 0.3 is 0 Å². The first-order valence-electron chi connectivity index (χ1n) is 4.51. The van der Waals surface area contributed by atoms with Gasteiger partial charge in [0.15, 0.2) is 0 Å². The summed E-state index contributed by atoms with van der Waals surface area (Å²) in [5.41, 5.74) is 0.372. The summed E-state index contributed by atoms with van der Waals surface area (Å²) < 4.78 is 5.21. The van der Waals surface area contributed by atoms with E-state index in [2.05, 4.69) is 12.2 Å². The standard InChI is InChI=1S/C9H17NO/c1-7-3-8-5-9(4-7,10-8)6-11-2/h7-8,10H,3-6H2,1-2H3. The van der Waals surface area contributed by atoms with E-state index in [1.807, 2.05) is 0 Å². The van der Waals surface area contributed by atoms with Crippen LogP contribution in [-0.4, -0.2) is 25.3 Å². The number of methoxy groups -OCH3 is 1. The predicted molar refractivity (Wildman–Crippen MR) is 44.5 cm³/mol. The fraction of sp³-hybridized carbons (Fsp3) is 1.00. The fourth-order valence-corrected chi connectivity index (χ4v) is 2.84. The summed E-state index contributed by atoms with van der Waals surface area (Å²) in [6.07, 6.45) is 4.01. The van der Waals surface area contributed by atoms with E-state index < -0.39 is 0 Å². The normalized spacial score (nSPS) is 48.5. The maximum Gasteiger partial charge on any atom is 0.0645 e. The topological polar surface area (TPSA) is 21.3 Å². The molecule has 2 aliphatic heterocycles. The molecule has 3 rings (SSSR count). The molecule has 0 radical (unpaired) electrons. The van der Waals surface area contributed by atoms with Crippen LogP contribution in [0.25, 0.3) is 0 Å². The van der Waals surface area contributed by atoms with Crippen molar-refractivity contribution in [3.63, 3.8) is 0 Å². The van der Waals surface area contributed by atoms with Crippen molar-refractivity contribution in [2.24, 2.45) is 5.92 Å². The summed E-state index contributed by atoms with van der Waals surface area (Å²) in [4.78, 5) is 0. The van der Waals surface area contributed by atoms with Crippen molar-refractivity contribution in [3.05, 3.63) is 0 Å². The van der Waals surface area contributed by atoms with Crippen LogP contribution in [0.4, 0.5) is 0 Å². The second kappa shape index (κ2) is 2.46. The average Bonchev–Trinajstić information content (AvgIpc) is 1.84. The van der Waals surface area contributed by atoms with Gasteiger partial charge in [0.25, 0.3) is 0 Å².